The van der Waals surface area contributed by atoms with Gasteiger partial charge in [0.2, 0.25) is 0 Å². The first-order chi connectivity index (χ1) is 21.2. The van der Waals surface area contributed by atoms with E-state index in [0.717, 1.165) is 27.8 Å². The largest absolute Gasteiger partial charge is 0.488 e. The molecule has 0 aromatic heterocycles. The zero-order valence-corrected chi connectivity index (χ0v) is 24.9. The van der Waals surface area contributed by atoms with E-state index in [-0.39, 0.29) is 24.5 Å². The summed E-state index contributed by atoms with van der Waals surface area (Å²) in [4.78, 5) is 38.7. The number of hydrogen-bond acceptors (Lipinski definition) is 7. The number of esters is 2. The molecule has 4 aromatic rings. The Hall–Kier alpha value is -5.11. The third-order valence-electron chi connectivity index (χ3n) is 7.02. The van der Waals surface area contributed by atoms with E-state index >= 15 is 0 Å². The second kappa shape index (κ2) is 13.5. The predicted octanol–water partition coefficient (Wildman–Crippen LogP) is 6.46. The molecule has 5 rings (SSSR count). The first kappa shape index (κ1) is 30.4. The second-order valence-corrected chi connectivity index (χ2v) is 11.5. The van der Waals surface area contributed by atoms with Crippen molar-refractivity contribution in [1.82, 2.24) is 5.32 Å². The third kappa shape index (κ3) is 7.83. The lowest BCUT2D eigenvalue weighted by Gasteiger charge is -2.22. The van der Waals surface area contributed by atoms with E-state index in [9.17, 15) is 14.4 Å². The van der Waals surface area contributed by atoms with Gasteiger partial charge < -0.3 is 24.3 Å². The average molecular weight is 594 g/mol. The predicted molar refractivity (Wildman–Crippen MR) is 166 cm³/mol. The fourth-order valence-corrected chi connectivity index (χ4v) is 5.13. The Morgan fingerprint density at radius 1 is 0.750 bits per heavy atom. The van der Waals surface area contributed by atoms with Crippen LogP contribution in [0.1, 0.15) is 43.4 Å². The van der Waals surface area contributed by atoms with Crippen molar-refractivity contribution in [2.24, 2.45) is 0 Å². The Morgan fingerprint density at radius 2 is 1.34 bits per heavy atom. The van der Waals surface area contributed by atoms with Crippen LogP contribution in [-0.2, 0) is 25.5 Å². The average Bonchev–Trinajstić information content (AvgIpc) is 3.33. The maximum Gasteiger partial charge on any atom is 0.407 e. The summed E-state index contributed by atoms with van der Waals surface area (Å²) in [5, 5.41) is 2.61. The number of nitrogens with one attached hydrogen (secondary N) is 1. The maximum atomic E-state index is 13.2. The molecule has 1 amide bonds. The Morgan fingerprint density at radius 3 is 1.95 bits per heavy atom. The number of alkyl carbamates (subject to hydrolysis) is 1. The van der Waals surface area contributed by atoms with Crippen LogP contribution in [0.2, 0.25) is 0 Å². The molecule has 8 nitrogen and oxygen atoms in total. The molecule has 8 heteroatoms. The van der Waals surface area contributed by atoms with E-state index < -0.39 is 30.7 Å². The van der Waals surface area contributed by atoms with E-state index in [2.05, 4.69) is 17.4 Å². The minimum Gasteiger partial charge on any atom is -0.488 e. The van der Waals surface area contributed by atoms with Gasteiger partial charge in [0.25, 0.3) is 0 Å². The SMILES string of the molecule is CC(C)(C)Oc1ccc(C[C@H](NC(=O)OCC2c3ccccc3-c3ccccc32)C(=O)OC(=O)COc2ccccc2)cc1. The number of hydrogen-bond donors (Lipinski definition) is 1. The third-order valence-corrected chi connectivity index (χ3v) is 7.02. The highest BCUT2D eigenvalue weighted by Gasteiger charge is 2.31. The van der Waals surface area contributed by atoms with Gasteiger partial charge >= 0.3 is 18.0 Å². The van der Waals surface area contributed by atoms with Crippen molar-refractivity contribution in [3.63, 3.8) is 0 Å². The topological polar surface area (TPSA) is 100 Å². The molecule has 0 fully saturated rings. The summed E-state index contributed by atoms with van der Waals surface area (Å²) in [5.74, 6) is -0.825. The van der Waals surface area contributed by atoms with E-state index in [1.807, 2.05) is 63.2 Å². The molecular formula is C36H35NO7. The number of fused-ring (bicyclic) bond motifs is 3. The molecule has 0 heterocycles. The Kier molecular flexibility index (Phi) is 9.29. The van der Waals surface area contributed by atoms with Gasteiger partial charge in [0.15, 0.2) is 6.61 Å². The van der Waals surface area contributed by atoms with Gasteiger partial charge in [-0.25, -0.2) is 14.4 Å². The number of para-hydroxylation sites is 1. The summed E-state index contributed by atoms with van der Waals surface area (Å²) in [6, 6.07) is 30.7. The van der Waals surface area contributed by atoms with Gasteiger partial charge in [-0.3, -0.25) is 0 Å². The van der Waals surface area contributed by atoms with Gasteiger partial charge in [0, 0.05) is 12.3 Å². The van der Waals surface area contributed by atoms with Crippen LogP contribution >= 0.6 is 0 Å². The molecule has 0 bridgehead atoms. The minimum atomic E-state index is -1.19. The van der Waals surface area contributed by atoms with E-state index in [4.69, 9.17) is 18.9 Å². The van der Waals surface area contributed by atoms with Crippen LogP contribution in [0.15, 0.2) is 103 Å². The van der Waals surface area contributed by atoms with Crippen LogP contribution in [0.25, 0.3) is 11.1 Å². The van der Waals surface area contributed by atoms with Crippen LogP contribution in [0.4, 0.5) is 4.79 Å². The Bertz CT molecular complexity index is 1560. The zero-order valence-electron chi connectivity index (χ0n) is 24.9. The van der Waals surface area contributed by atoms with Crippen molar-refractivity contribution < 1.29 is 33.3 Å². The van der Waals surface area contributed by atoms with Crippen molar-refractivity contribution in [3.05, 3.63) is 120 Å². The number of ether oxygens (including phenoxy) is 4. The van der Waals surface area contributed by atoms with Crippen LogP contribution in [0.3, 0.4) is 0 Å². The number of carbonyl (C=O) groups excluding carboxylic acids is 3. The molecule has 44 heavy (non-hydrogen) atoms. The van der Waals surface area contributed by atoms with Crippen molar-refractivity contribution in [3.8, 4) is 22.6 Å². The van der Waals surface area contributed by atoms with Crippen LogP contribution < -0.4 is 14.8 Å². The second-order valence-electron chi connectivity index (χ2n) is 11.5. The van der Waals surface area contributed by atoms with Crippen LogP contribution in [-0.4, -0.2) is 42.9 Å². The Balaban J connectivity index is 1.25. The molecule has 1 aliphatic rings. The highest BCUT2D eigenvalue weighted by molar-refractivity contribution is 5.91. The number of amides is 1. The van der Waals surface area contributed by atoms with Gasteiger partial charge in [-0.15, -0.1) is 0 Å². The van der Waals surface area contributed by atoms with Gasteiger partial charge in [-0.05, 0) is 72.9 Å². The fourth-order valence-electron chi connectivity index (χ4n) is 5.13. The molecule has 1 N–H and O–H groups in total. The zero-order chi connectivity index (χ0) is 31.1. The van der Waals surface area contributed by atoms with Crippen LogP contribution in [0, 0.1) is 0 Å². The molecule has 0 aliphatic heterocycles. The summed E-state index contributed by atoms with van der Waals surface area (Å²) < 4.78 is 22.0. The van der Waals surface area contributed by atoms with Crippen molar-refractivity contribution >= 4 is 18.0 Å². The van der Waals surface area contributed by atoms with Gasteiger partial charge in [-0.2, -0.15) is 0 Å². The van der Waals surface area contributed by atoms with Gasteiger partial charge in [0.1, 0.15) is 29.7 Å². The number of rotatable bonds is 10. The highest BCUT2D eigenvalue weighted by atomic mass is 16.6. The van der Waals surface area contributed by atoms with Crippen LogP contribution in [0.5, 0.6) is 11.5 Å². The van der Waals surface area contributed by atoms with Gasteiger partial charge in [-0.1, -0.05) is 78.9 Å². The summed E-state index contributed by atoms with van der Waals surface area (Å²) in [6.45, 7) is 5.45. The lowest BCUT2D eigenvalue weighted by Crippen LogP contribution is -2.45. The minimum absolute atomic E-state index is 0.0612. The van der Waals surface area contributed by atoms with E-state index in [0.29, 0.717) is 11.5 Å². The van der Waals surface area contributed by atoms with E-state index in [1.165, 1.54) is 0 Å². The fraction of sp³-hybridized carbons (Fsp3) is 0.250. The van der Waals surface area contributed by atoms with Gasteiger partial charge in [0.05, 0.1) is 0 Å². The molecule has 0 saturated carbocycles. The molecule has 226 valence electrons. The molecule has 0 spiro atoms. The molecule has 0 saturated heterocycles. The standard InChI is InChI=1S/C36H35NO7/c1-36(2,3)44-26-19-17-24(18-20-26)21-32(34(39)43-33(38)23-41-25-11-5-4-6-12-25)37-35(40)42-22-31-29-15-9-7-13-27(29)28-14-8-10-16-30(28)31/h4-20,31-32H,21-23H2,1-3H3,(H,37,40)/t32-/m0/s1. The summed E-state index contributed by atoms with van der Waals surface area (Å²) in [6.07, 6.45) is -0.736. The summed E-state index contributed by atoms with van der Waals surface area (Å²) in [7, 11) is 0. The molecule has 4 aromatic carbocycles. The van der Waals surface area contributed by atoms with Crippen molar-refractivity contribution in [1.29, 1.82) is 0 Å². The van der Waals surface area contributed by atoms with E-state index in [1.54, 1.807) is 48.5 Å². The molecule has 0 unspecified atom stereocenters. The first-order valence-electron chi connectivity index (χ1n) is 14.5. The number of carbonyl (C=O) groups is 3. The molecular weight excluding hydrogens is 558 g/mol. The number of benzene rings is 4. The first-order valence-corrected chi connectivity index (χ1v) is 14.5. The smallest absolute Gasteiger partial charge is 0.407 e. The Labute approximate surface area is 256 Å². The summed E-state index contributed by atoms with van der Waals surface area (Å²) in [5.41, 5.74) is 4.70. The lowest BCUT2D eigenvalue weighted by atomic mass is 9.98. The monoisotopic (exact) mass is 593 g/mol. The highest BCUT2D eigenvalue weighted by Crippen LogP contribution is 2.44. The van der Waals surface area contributed by atoms with Crippen molar-refractivity contribution in [2.45, 2.75) is 44.8 Å². The quantitative estimate of drug-likeness (QED) is 0.166. The van der Waals surface area contributed by atoms with Crippen molar-refractivity contribution in [2.75, 3.05) is 13.2 Å². The summed E-state index contributed by atoms with van der Waals surface area (Å²) >= 11 is 0. The molecule has 0 radical (unpaired) electrons. The molecule has 1 aliphatic carbocycles. The molecule has 1 atom stereocenters. The maximum absolute atomic E-state index is 13.2. The normalized spacial score (nSPS) is 12.8. The lowest BCUT2D eigenvalue weighted by molar-refractivity contribution is -0.162.